The van der Waals surface area contributed by atoms with E-state index >= 15 is 0 Å². The number of piperidine rings is 1. The summed E-state index contributed by atoms with van der Waals surface area (Å²) < 4.78 is 11.1. The zero-order chi connectivity index (χ0) is 22.2. The van der Waals surface area contributed by atoms with Gasteiger partial charge in [-0.3, -0.25) is 9.59 Å². The van der Waals surface area contributed by atoms with E-state index in [1.807, 2.05) is 42.2 Å². The van der Waals surface area contributed by atoms with Crippen molar-refractivity contribution in [3.8, 4) is 11.5 Å². The van der Waals surface area contributed by atoms with E-state index in [9.17, 15) is 9.59 Å². The van der Waals surface area contributed by atoms with Crippen LogP contribution in [0.25, 0.3) is 0 Å². The van der Waals surface area contributed by atoms with Crippen LogP contribution in [-0.4, -0.2) is 49.1 Å². The molecule has 0 spiro atoms. The minimum absolute atomic E-state index is 0.00707. The molecule has 166 valence electrons. The Bertz CT molecular complexity index is 871. The third kappa shape index (κ3) is 6.48. The highest BCUT2D eigenvalue weighted by atomic mass is 16.5. The van der Waals surface area contributed by atoms with E-state index in [1.54, 1.807) is 12.1 Å². The average molecular weight is 425 g/mol. The molecule has 1 fully saturated rings. The SMILES string of the molecule is CCOc1ccc(C(=O)N2CCC(NC(=O)COc3cccc(C(C)C)c3)CC2)cc1. The fraction of sp³-hybridized carbons (Fsp3) is 0.440. The molecule has 0 radical (unpaired) electrons. The van der Waals surface area contributed by atoms with Crippen molar-refractivity contribution in [2.24, 2.45) is 0 Å². The Hall–Kier alpha value is -3.02. The summed E-state index contributed by atoms with van der Waals surface area (Å²) in [7, 11) is 0. The largest absolute Gasteiger partial charge is 0.494 e. The van der Waals surface area contributed by atoms with Crippen LogP contribution in [-0.2, 0) is 4.79 Å². The van der Waals surface area contributed by atoms with Gasteiger partial charge < -0.3 is 19.7 Å². The molecular formula is C25H32N2O4. The highest BCUT2D eigenvalue weighted by Gasteiger charge is 2.24. The second kappa shape index (κ2) is 10.8. The van der Waals surface area contributed by atoms with E-state index < -0.39 is 0 Å². The molecule has 3 rings (SSSR count). The molecule has 1 saturated heterocycles. The molecule has 0 atom stereocenters. The van der Waals surface area contributed by atoms with Crippen molar-refractivity contribution in [1.29, 1.82) is 0 Å². The second-order valence-electron chi connectivity index (χ2n) is 8.11. The van der Waals surface area contributed by atoms with E-state index in [4.69, 9.17) is 9.47 Å². The number of hydrogen-bond acceptors (Lipinski definition) is 4. The first-order chi connectivity index (χ1) is 15.0. The average Bonchev–Trinajstić information content (AvgIpc) is 2.79. The van der Waals surface area contributed by atoms with Gasteiger partial charge in [-0.25, -0.2) is 0 Å². The van der Waals surface area contributed by atoms with Crippen molar-refractivity contribution in [2.75, 3.05) is 26.3 Å². The van der Waals surface area contributed by atoms with Gasteiger partial charge in [0.2, 0.25) is 0 Å². The number of ether oxygens (including phenoxy) is 2. The molecule has 1 heterocycles. The topological polar surface area (TPSA) is 67.9 Å². The lowest BCUT2D eigenvalue weighted by molar-refractivity contribution is -0.124. The number of carbonyl (C=O) groups excluding carboxylic acids is 2. The molecule has 0 aromatic heterocycles. The molecule has 1 N–H and O–H groups in total. The molecule has 0 saturated carbocycles. The molecule has 0 bridgehead atoms. The van der Waals surface area contributed by atoms with Crippen molar-refractivity contribution in [2.45, 2.75) is 45.6 Å². The first-order valence-electron chi connectivity index (χ1n) is 11.0. The molecule has 2 aromatic rings. The predicted molar refractivity (Wildman–Crippen MR) is 121 cm³/mol. The lowest BCUT2D eigenvalue weighted by Gasteiger charge is -2.32. The number of carbonyl (C=O) groups is 2. The number of likely N-dealkylation sites (tertiary alicyclic amines) is 1. The third-order valence-electron chi connectivity index (χ3n) is 5.45. The number of benzene rings is 2. The molecule has 1 aliphatic heterocycles. The third-order valence-corrected chi connectivity index (χ3v) is 5.45. The number of hydrogen-bond donors (Lipinski definition) is 1. The van der Waals surface area contributed by atoms with Gasteiger partial charge in [0, 0.05) is 24.7 Å². The lowest BCUT2D eigenvalue weighted by atomic mass is 10.0. The summed E-state index contributed by atoms with van der Waals surface area (Å²) in [6.45, 7) is 8.01. The quantitative estimate of drug-likeness (QED) is 0.695. The van der Waals surface area contributed by atoms with Crippen LogP contribution in [0.15, 0.2) is 48.5 Å². The Morgan fingerprint density at radius 2 is 1.74 bits per heavy atom. The summed E-state index contributed by atoms with van der Waals surface area (Å²) in [4.78, 5) is 26.8. The summed E-state index contributed by atoms with van der Waals surface area (Å²) in [6, 6.07) is 15.1. The summed E-state index contributed by atoms with van der Waals surface area (Å²) >= 11 is 0. The van der Waals surface area contributed by atoms with Gasteiger partial charge in [0.05, 0.1) is 6.61 Å². The van der Waals surface area contributed by atoms with Crippen LogP contribution < -0.4 is 14.8 Å². The van der Waals surface area contributed by atoms with Crippen LogP contribution in [0.3, 0.4) is 0 Å². The van der Waals surface area contributed by atoms with E-state index in [1.165, 1.54) is 5.56 Å². The van der Waals surface area contributed by atoms with Crippen LogP contribution >= 0.6 is 0 Å². The Balaban J connectivity index is 1.42. The number of nitrogens with one attached hydrogen (secondary N) is 1. The van der Waals surface area contributed by atoms with E-state index in [0.717, 1.165) is 18.6 Å². The van der Waals surface area contributed by atoms with Crippen LogP contribution in [0.1, 0.15) is 55.5 Å². The fourth-order valence-corrected chi connectivity index (χ4v) is 3.65. The van der Waals surface area contributed by atoms with Crippen LogP contribution in [0, 0.1) is 0 Å². The first-order valence-corrected chi connectivity index (χ1v) is 11.0. The van der Waals surface area contributed by atoms with Gasteiger partial charge in [-0.2, -0.15) is 0 Å². The molecular weight excluding hydrogens is 392 g/mol. The van der Waals surface area contributed by atoms with Gasteiger partial charge in [-0.15, -0.1) is 0 Å². The summed E-state index contributed by atoms with van der Waals surface area (Å²) in [5, 5.41) is 3.03. The zero-order valence-electron chi connectivity index (χ0n) is 18.6. The molecule has 6 heteroatoms. The van der Waals surface area contributed by atoms with Crippen molar-refractivity contribution in [3.05, 3.63) is 59.7 Å². The van der Waals surface area contributed by atoms with E-state index in [2.05, 4.69) is 25.2 Å². The molecule has 31 heavy (non-hydrogen) atoms. The van der Waals surface area contributed by atoms with Gasteiger partial charge in [-0.1, -0.05) is 26.0 Å². The minimum atomic E-state index is -0.133. The Labute approximate surface area is 184 Å². The maximum atomic E-state index is 12.7. The maximum Gasteiger partial charge on any atom is 0.258 e. The van der Waals surface area contributed by atoms with Gasteiger partial charge in [0.25, 0.3) is 11.8 Å². The number of nitrogens with zero attached hydrogens (tertiary/aromatic N) is 1. The van der Waals surface area contributed by atoms with Crippen molar-refractivity contribution in [1.82, 2.24) is 10.2 Å². The fourth-order valence-electron chi connectivity index (χ4n) is 3.65. The summed E-state index contributed by atoms with van der Waals surface area (Å²) in [5.74, 6) is 1.76. The molecule has 0 aliphatic carbocycles. The maximum absolute atomic E-state index is 12.7. The van der Waals surface area contributed by atoms with Crippen molar-refractivity contribution >= 4 is 11.8 Å². The molecule has 2 amide bonds. The minimum Gasteiger partial charge on any atom is -0.494 e. The van der Waals surface area contributed by atoms with Crippen molar-refractivity contribution in [3.63, 3.8) is 0 Å². The normalized spacial score (nSPS) is 14.4. The summed E-state index contributed by atoms with van der Waals surface area (Å²) in [5.41, 5.74) is 1.84. The van der Waals surface area contributed by atoms with E-state index in [0.29, 0.717) is 36.9 Å². The number of amides is 2. The summed E-state index contributed by atoms with van der Waals surface area (Å²) in [6.07, 6.45) is 1.47. The standard InChI is InChI=1S/C25H32N2O4/c1-4-30-22-10-8-19(9-11-22)25(29)27-14-12-21(13-15-27)26-24(28)17-31-23-7-5-6-20(16-23)18(2)3/h5-11,16,18,21H,4,12-15,17H2,1-3H3,(H,26,28). The molecule has 0 unspecified atom stereocenters. The van der Waals surface area contributed by atoms with Gasteiger partial charge >= 0.3 is 0 Å². The van der Waals surface area contributed by atoms with Gasteiger partial charge in [-0.05, 0) is 67.6 Å². The lowest BCUT2D eigenvalue weighted by Crippen LogP contribution is -2.47. The highest BCUT2D eigenvalue weighted by molar-refractivity contribution is 5.94. The number of rotatable bonds is 8. The highest BCUT2D eigenvalue weighted by Crippen LogP contribution is 2.20. The van der Waals surface area contributed by atoms with Crippen LogP contribution in [0.5, 0.6) is 11.5 Å². The Kier molecular flexibility index (Phi) is 7.93. The Morgan fingerprint density at radius 3 is 2.39 bits per heavy atom. The first kappa shape index (κ1) is 22.7. The molecule has 1 aliphatic rings. The van der Waals surface area contributed by atoms with Gasteiger partial charge in [0.15, 0.2) is 6.61 Å². The monoisotopic (exact) mass is 424 g/mol. The second-order valence-corrected chi connectivity index (χ2v) is 8.11. The van der Waals surface area contributed by atoms with Crippen LogP contribution in [0.4, 0.5) is 0 Å². The predicted octanol–water partition coefficient (Wildman–Crippen LogP) is 4.01. The van der Waals surface area contributed by atoms with Gasteiger partial charge in [0.1, 0.15) is 11.5 Å². The zero-order valence-corrected chi connectivity index (χ0v) is 18.6. The van der Waals surface area contributed by atoms with E-state index in [-0.39, 0.29) is 24.5 Å². The molecule has 6 nitrogen and oxygen atoms in total. The van der Waals surface area contributed by atoms with Crippen molar-refractivity contribution < 1.29 is 19.1 Å². The Morgan fingerprint density at radius 1 is 1.03 bits per heavy atom. The molecule has 2 aromatic carbocycles. The van der Waals surface area contributed by atoms with Crippen LogP contribution in [0.2, 0.25) is 0 Å². The smallest absolute Gasteiger partial charge is 0.258 e.